The molecule has 0 amide bonds. The summed E-state index contributed by atoms with van der Waals surface area (Å²) in [5.41, 5.74) is 8.23. The first-order chi connectivity index (χ1) is 28.7. The predicted octanol–water partition coefficient (Wildman–Crippen LogP) is 11.2. The van der Waals surface area contributed by atoms with E-state index in [1.807, 2.05) is 36.4 Å². The van der Waals surface area contributed by atoms with Crippen LogP contribution >= 0.6 is 0 Å². The molecule has 2 saturated heterocycles. The molecule has 0 radical (unpaired) electrons. The van der Waals surface area contributed by atoms with Crippen molar-refractivity contribution >= 4 is 7.12 Å². The van der Waals surface area contributed by atoms with E-state index in [1.165, 1.54) is 22.3 Å². The number of aromatic nitrogens is 3. The second-order valence-electron chi connectivity index (χ2n) is 18.6. The Bertz CT molecular complexity index is 2400. The molecule has 0 saturated carbocycles. The Labute approximate surface area is 349 Å². The zero-order chi connectivity index (χ0) is 39.9. The third kappa shape index (κ3) is 5.98. The average molecular weight is 778 g/mol. The van der Waals surface area contributed by atoms with Gasteiger partial charge in [0.15, 0.2) is 11.6 Å². The van der Waals surface area contributed by atoms with Crippen LogP contribution in [0.2, 0.25) is 5.82 Å². The third-order valence-electron chi connectivity index (χ3n) is 14.9. The third-order valence-corrected chi connectivity index (χ3v) is 14.9. The number of fused-ring (bicyclic) bond motifs is 8. The van der Waals surface area contributed by atoms with E-state index in [2.05, 4.69) is 131 Å². The number of hydrogen-bond acceptors (Lipinski definition) is 6. The lowest BCUT2D eigenvalue weighted by atomic mass is 9.51. The molecule has 1 spiro atoms. The van der Waals surface area contributed by atoms with Crippen molar-refractivity contribution in [2.24, 2.45) is 23.2 Å². The fourth-order valence-corrected chi connectivity index (χ4v) is 11.3. The topological polar surface area (TPSA) is 66.4 Å². The quantitative estimate of drug-likeness (QED) is 0.240. The van der Waals surface area contributed by atoms with E-state index < -0.39 is 0 Å². The van der Waals surface area contributed by atoms with Gasteiger partial charge in [-0.3, -0.25) is 0 Å². The Balaban J connectivity index is 0.954. The second kappa shape index (κ2) is 14.1. The lowest BCUT2D eigenvalue weighted by Gasteiger charge is -2.56. The first-order valence-corrected chi connectivity index (χ1v) is 21.8. The summed E-state index contributed by atoms with van der Waals surface area (Å²) >= 11 is 0. The van der Waals surface area contributed by atoms with Crippen molar-refractivity contribution in [1.29, 1.82) is 0 Å². The van der Waals surface area contributed by atoms with Crippen LogP contribution in [0.3, 0.4) is 0 Å². The van der Waals surface area contributed by atoms with Gasteiger partial charge in [-0.25, -0.2) is 15.0 Å². The van der Waals surface area contributed by atoms with E-state index in [0.717, 1.165) is 60.7 Å². The molecule has 3 heterocycles. The van der Waals surface area contributed by atoms with Gasteiger partial charge in [0.05, 0.1) is 23.4 Å². The van der Waals surface area contributed by atoms with E-state index in [9.17, 15) is 0 Å². The Morgan fingerprint density at radius 2 is 1.44 bits per heavy atom. The summed E-state index contributed by atoms with van der Waals surface area (Å²) in [4.78, 5) is 15.2. The zero-order valence-electron chi connectivity index (χ0n) is 34.5. The zero-order valence-corrected chi connectivity index (χ0v) is 34.5. The van der Waals surface area contributed by atoms with E-state index in [0.29, 0.717) is 11.8 Å². The highest BCUT2D eigenvalue weighted by Gasteiger charge is 2.64. The van der Waals surface area contributed by atoms with Crippen LogP contribution in [-0.2, 0) is 14.0 Å². The molecule has 59 heavy (non-hydrogen) atoms. The number of hydrogen-bond donors (Lipinski definition) is 0. The van der Waals surface area contributed by atoms with Gasteiger partial charge >= 0.3 is 7.12 Å². The van der Waals surface area contributed by atoms with E-state index >= 15 is 0 Å². The molecule has 8 unspecified atom stereocenters. The van der Waals surface area contributed by atoms with Gasteiger partial charge in [0, 0.05) is 46.0 Å². The smallest absolute Gasteiger partial charge is 0.403 e. The van der Waals surface area contributed by atoms with Gasteiger partial charge in [0.25, 0.3) is 0 Å². The summed E-state index contributed by atoms with van der Waals surface area (Å²) in [6.07, 6.45) is 35.8. The number of allylic oxidation sites excluding steroid dienone is 14. The van der Waals surface area contributed by atoms with Crippen molar-refractivity contribution in [2.45, 2.75) is 94.9 Å². The van der Waals surface area contributed by atoms with E-state index in [-0.39, 0.29) is 53.6 Å². The molecule has 0 bridgehead atoms. The van der Waals surface area contributed by atoms with Crippen molar-refractivity contribution in [3.63, 3.8) is 0 Å². The van der Waals surface area contributed by atoms with Crippen LogP contribution in [0.15, 0.2) is 168 Å². The largest absolute Gasteiger partial charge is 0.465 e. The summed E-state index contributed by atoms with van der Waals surface area (Å²) in [5.74, 6) is 3.42. The predicted molar refractivity (Wildman–Crippen MR) is 235 cm³/mol. The molecule has 2 aliphatic heterocycles. The second-order valence-corrected chi connectivity index (χ2v) is 18.6. The summed E-state index contributed by atoms with van der Waals surface area (Å²) < 4.78 is 20.6. The molecule has 0 N–H and O–H groups in total. The lowest BCUT2D eigenvalue weighted by molar-refractivity contribution is -0.0676. The summed E-state index contributed by atoms with van der Waals surface area (Å²) in [5, 5.41) is 0. The SMILES string of the molecule is CC1(C)OB(C2C=CC3=C(C2)C2(C4=CC=CCC4OC4C=CC(C5=CCC(c6nc(-c7ccccc7)nc(-c7ccccc7)n6)CC5)=CC42)C2C=CC=CC32)OC1(C)C. The highest BCUT2D eigenvalue weighted by Crippen LogP contribution is 2.68. The molecule has 2 aromatic carbocycles. The molecule has 3 aromatic rings. The Kier molecular flexibility index (Phi) is 8.85. The first kappa shape index (κ1) is 37.1. The Morgan fingerprint density at radius 1 is 0.729 bits per heavy atom. The number of nitrogens with zero attached hydrogens (tertiary/aromatic N) is 3. The fourth-order valence-electron chi connectivity index (χ4n) is 11.3. The van der Waals surface area contributed by atoms with E-state index in [4.69, 9.17) is 29.0 Å². The molecule has 6 nitrogen and oxygen atoms in total. The molecule has 11 rings (SSSR count). The van der Waals surface area contributed by atoms with Crippen molar-refractivity contribution in [2.75, 3.05) is 0 Å². The molecule has 8 atom stereocenters. The number of rotatable bonds is 5. The normalized spacial score (nSPS) is 33.3. The van der Waals surface area contributed by atoms with Gasteiger partial charge in [-0.15, -0.1) is 0 Å². The van der Waals surface area contributed by atoms with Crippen molar-refractivity contribution in [3.8, 4) is 22.8 Å². The van der Waals surface area contributed by atoms with Crippen LogP contribution in [0.25, 0.3) is 22.8 Å². The summed E-state index contributed by atoms with van der Waals surface area (Å²) in [6.45, 7) is 8.65. The Morgan fingerprint density at radius 3 is 2.14 bits per heavy atom. The van der Waals surface area contributed by atoms with Gasteiger partial charge in [-0.1, -0.05) is 145 Å². The molecular formula is C52H52BN3O3. The standard InChI is InChI=1S/C52H52BN3O3/c1-50(2)51(3,4)59-53(58-50)38-28-29-40-39-19-11-12-20-41(39)52(43(40)32-38)42-21-13-14-22-45(42)57-46-30-27-37(31-44(46)52)33-23-25-36(26-24-33)49-55-47(34-15-7-5-8-16-34)54-48(56-49)35-17-9-6-10-18-35/h5-21,23,27-31,36,38-39,41,44-46H,22,24-26,32H2,1-4H3. The summed E-state index contributed by atoms with van der Waals surface area (Å²) in [7, 11) is -0.294. The molecular weight excluding hydrogens is 725 g/mol. The van der Waals surface area contributed by atoms with E-state index in [1.54, 1.807) is 5.57 Å². The van der Waals surface area contributed by atoms with Gasteiger partial charge < -0.3 is 14.0 Å². The van der Waals surface area contributed by atoms with Gasteiger partial charge in [-0.05, 0) is 82.1 Å². The van der Waals surface area contributed by atoms with Gasteiger partial charge in [0.2, 0.25) is 0 Å². The molecule has 6 aliphatic carbocycles. The molecule has 296 valence electrons. The average Bonchev–Trinajstić information content (AvgIpc) is 3.69. The maximum absolute atomic E-state index is 7.10. The lowest BCUT2D eigenvalue weighted by Crippen LogP contribution is -2.54. The minimum absolute atomic E-state index is 0.0182. The minimum atomic E-state index is -0.380. The van der Waals surface area contributed by atoms with Crippen LogP contribution in [0, 0.1) is 23.2 Å². The van der Waals surface area contributed by atoms with Crippen LogP contribution in [0.5, 0.6) is 0 Å². The van der Waals surface area contributed by atoms with Crippen LogP contribution in [0.1, 0.15) is 71.5 Å². The maximum atomic E-state index is 7.10. The van der Waals surface area contributed by atoms with Crippen molar-refractivity contribution < 1.29 is 14.0 Å². The van der Waals surface area contributed by atoms with Crippen molar-refractivity contribution in [3.05, 3.63) is 173 Å². The summed E-state index contributed by atoms with van der Waals surface area (Å²) in [6, 6.07) is 20.6. The highest BCUT2D eigenvalue weighted by molar-refractivity contribution is 6.48. The van der Waals surface area contributed by atoms with Gasteiger partial charge in [-0.2, -0.15) is 0 Å². The van der Waals surface area contributed by atoms with Crippen molar-refractivity contribution in [1.82, 2.24) is 15.0 Å². The Hall–Kier alpha value is -4.95. The number of ether oxygens (including phenoxy) is 1. The molecule has 7 heteroatoms. The molecule has 8 aliphatic rings. The molecule has 2 fully saturated rings. The van der Waals surface area contributed by atoms with Crippen LogP contribution in [0.4, 0.5) is 0 Å². The highest BCUT2D eigenvalue weighted by atomic mass is 16.7. The van der Waals surface area contributed by atoms with Crippen LogP contribution < -0.4 is 0 Å². The minimum Gasteiger partial charge on any atom is -0.403 e. The monoisotopic (exact) mass is 777 g/mol. The number of benzene rings is 2. The molecule has 1 aromatic heterocycles. The fraction of sp³-hybridized carbons (Fsp3) is 0.365. The first-order valence-electron chi connectivity index (χ1n) is 21.8. The maximum Gasteiger partial charge on any atom is 0.465 e. The van der Waals surface area contributed by atoms with Crippen LogP contribution in [-0.4, -0.2) is 45.5 Å². The van der Waals surface area contributed by atoms with Gasteiger partial charge in [0.1, 0.15) is 5.82 Å².